The highest BCUT2D eigenvalue weighted by Gasteiger charge is 2.21. The molecule has 1 rings (SSSR count). The summed E-state index contributed by atoms with van der Waals surface area (Å²) in [7, 11) is -2.13. The predicted molar refractivity (Wildman–Crippen MR) is 59.2 cm³/mol. The van der Waals surface area contributed by atoms with Crippen molar-refractivity contribution in [3.8, 4) is 5.75 Å². The molecule has 5 nitrogen and oxygen atoms in total. The normalized spacial score (nSPS) is 11.1. The van der Waals surface area contributed by atoms with E-state index >= 15 is 0 Å². The van der Waals surface area contributed by atoms with Gasteiger partial charge >= 0.3 is 0 Å². The summed E-state index contributed by atoms with van der Waals surface area (Å²) in [6.45, 7) is 1.52. The van der Waals surface area contributed by atoms with Crippen molar-refractivity contribution in [1.29, 1.82) is 0 Å². The van der Waals surface area contributed by atoms with Crippen LogP contribution in [-0.2, 0) is 9.84 Å². The minimum Gasteiger partial charge on any atom is -0.495 e. The number of methoxy groups -OCH3 is 1. The summed E-state index contributed by atoms with van der Waals surface area (Å²) in [6, 6.07) is 4.28. The largest absolute Gasteiger partial charge is 0.495 e. The van der Waals surface area contributed by atoms with E-state index in [1.54, 1.807) is 0 Å². The van der Waals surface area contributed by atoms with E-state index in [4.69, 9.17) is 10.5 Å². The lowest BCUT2D eigenvalue weighted by Crippen LogP contribution is -2.15. The van der Waals surface area contributed by atoms with Crippen LogP contribution < -0.4 is 10.5 Å². The van der Waals surface area contributed by atoms with Crippen LogP contribution in [-0.4, -0.2) is 27.2 Å². The summed E-state index contributed by atoms with van der Waals surface area (Å²) in [5.41, 5.74) is 5.20. The van der Waals surface area contributed by atoms with Gasteiger partial charge in [-0.1, -0.05) is 13.0 Å². The number of rotatable bonds is 4. The van der Waals surface area contributed by atoms with Crippen molar-refractivity contribution in [3.63, 3.8) is 0 Å². The molecule has 0 spiro atoms. The molecule has 0 aliphatic carbocycles. The van der Waals surface area contributed by atoms with Gasteiger partial charge in [-0.2, -0.15) is 0 Å². The number of carbonyl (C=O) groups excluding carboxylic acids is 1. The molecule has 88 valence electrons. The van der Waals surface area contributed by atoms with Crippen LogP contribution in [0.25, 0.3) is 0 Å². The zero-order valence-electron chi connectivity index (χ0n) is 9.06. The Kier molecular flexibility index (Phi) is 3.54. The maximum atomic E-state index is 11.7. The average Bonchev–Trinajstić information content (AvgIpc) is 2.27. The molecule has 0 unspecified atom stereocenters. The molecule has 2 N–H and O–H groups in total. The summed E-state index contributed by atoms with van der Waals surface area (Å²) < 4.78 is 28.4. The summed E-state index contributed by atoms with van der Waals surface area (Å²) in [5.74, 6) is -0.771. The molecule has 0 aliphatic heterocycles. The van der Waals surface area contributed by atoms with Crippen LogP contribution in [0.15, 0.2) is 23.1 Å². The third kappa shape index (κ3) is 2.16. The second-order valence-electron chi connectivity index (χ2n) is 3.10. The first-order valence-corrected chi connectivity index (χ1v) is 6.28. The van der Waals surface area contributed by atoms with Gasteiger partial charge < -0.3 is 10.5 Å². The molecule has 1 aromatic rings. The van der Waals surface area contributed by atoms with Gasteiger partial charge in [0.15, 0.2) is 9.84 Å². The molecule has 0 atom stereocenters. The molecule has 0 bridgehead atoms. The van der Waals surface area contributed by atoms with Gasteiger partial charge in [0.05, 0.1) is 18.4 Å². The first-order chi connectivity index (χ1) is 7.44. The number of sulfone groups is 1. The number of primary amides is 1. The van der Waals surface area contributed by atoms with E-state index < -0.39 is 15.7 Å². The van der Waals surface area contributed by atoms with Crippen LogP contribution in [0.3, 0.4) is 0 Å². The van der Waals surface area contributed by atoms with Crippen LogP contribution >= 0.6 is 0 Å². The molecule has 16 heavy (non-hydrogen) atoms. The Bertz CT molecular complexity index is 508. The molecule has 6 heteroatoms. The Morgan fingerprint density at radius 2 is 2.06 bits per heavy atom. The SMILES string of the molecule is CCS(=O)(=O)c1cccc(C(N)=O)c1OC. The van der Waals surface area contributed by atoms with Crippen molar-refractivity contribution in [2.75, 3.05) is 12.9 Å². The average molecular weight is 243 g/mol. The van der Waals surface area contributed by atoms with Crippen molar-refractivity contribution < 1.29 is 17.9 Å². The number of amides is 1. The number of para-hydroxylation sites is 1. The third-order valence-electron chi connectivity index (χ3n) is 2.16. The summed E-state index contributed by atoms with van der Waals surface area (Å²) in [4.78, 5) is 11.1. The molecule has 0 saturated heterocycles. The monoisotopic (exact) mass is 243 g/mol. The quantitative estimate of drug-likeness (QED) is 0.838. The van der Waals surface area contributed by atoms with Gasteiger partial charge in [-0.3, -0.25) is 4.79 Å². The molecular weight excluding hydrogens is 230 g/mol. The molecule has 0 fully saturated rings. The van der Waals surface area contributed by atoms with Crippen molar-refractivity contribution in [2.24, 2.45) is 5.73 Å². The van der Waals surface area contributed by atoms with Gasteiger partial charge in [0.25, 0.3) is 5.91 Å². The number of benzene rings is 1. The smallest absolute Gasteiger partial charge is 0.252 e. The maximum absolute atomic E-state index is 11.7. The Hall–Kier alpha value is -1.56. The van der Waals surface area contributed by atoms with Crippen molar-refractivity contribution in [1.82, 2.24) is 0 Å². The van der Waals surface area contributed by atoms with E-state index in [2.05, 4.69) is 0 Å². The summed E-state index contributed by atoms with van der Waals surface area (Å²) >= 11 is 0. The molecule has 0 radical (unpaired) electrons. The third-order valence-corrected chi connectivity index (χ3v) is 3.92. The highest BCUT2D eigenvalue weighted by molar-refractivity contribution is 7.91. The van der Waals surface area contributed by atoms with Gasteiger partial charge in [-0.05, 0) is 12.1 Å². The van der Waals surface area contributed by atoms with Gasteiger partial charge in [0.1, 0.15) is 10.6 Å². The van der Waals surface area contributed by atoms with E-state index in [0.717, 1.165) is 0 Å². The first kappa shape index (κ1) is 12.5. The fourth-order valence-electron chi connectivity index (χ4n) is 1.32. The Labute approximate surface area is 94.1 Å². The lowest BCUT2D eigenvalue weighted by atomic mass is 10.2. The summed E-state index contributed by atoms with van der Waals surface area (Å²) in [6.07, 6.45) is 0. The van der Waals surface area contributed by atoms with Crippen LogP contribution in [0.5, 0.6) is 5.75 Å². The van der Waals surface area contributed by atoms with Gasteiger partial charge in [-0.15, -0.1) is 0 Å². The Morgan fingerprint density at radius 1 is 1.44 bits per heavy atom. The topological polar surface area (TPSA) is 86.5 Å². The van der Waals surface area contributed by atoms with E-state index in [-0.39, 0.29) is 22.0 Å². The molecule has 0 heterocycles. The minimum absolute atomic E-state index is 0.00574. The second-order valence-corrected chi connectivity index (χ2v) is 5.35. The van der Waals surface area contributed by atoms with E-state index in [1.807, 2.05) is 0 Å². The number of carbonyl (C=O) groups is 1. The fraction of sp³-hybridized carbons (Fsp3) is 0.300. The predicted octanol–water partition coefficient (Wildman–Crippen LogP) is 0.588. The van der Waals surface area contributed by atoms with Crippen molar-refractivity contribution in [2.45, 2.75) is 11.8 Å². The lowest BCUT2D eigenvalue weighted by molar-refractivity contribution is 0.0997. The zero-order valence-corrected chi connectivity index (χ0v) is 9.87. The van der Waals surface area contributed by atoms with E-state index in [1.165, 1.54) is 32.2 Å². The number of hydrogen-bond acceptors (Lipinski definition) is 4. The number of ether oxygens (including phenoxy) is 1. The maximum Gasteiger partial charge on any atom is 0.252 e. The van der Waals surface area contributed by atoms with Crippen LogP contribution in [0, 0.1) is 0 Å². The zero-order chi connectivity index (χ0) is 12.3. The molecule has 0 aliphatic rings. The van der Waals surface area contributed by atoms with E-state index in [0.29, 0.717) is 0 Å². The van der Waals surface area contributed by atoms with Gasteiger partial charge in [0.2, 0.25) is 0 Å². The molecule has 1 amide bonds. The fourth-order valence-corrected chi connectivity index (χ4v) is 2.39. The van der Waals surface area contributed by atoms with Gasteiger partial charge in [-0.25, -0.2) is 8.42 Å². The standard InChI is InChI=1S/C10H13NO4S/c1-3-16(13,14)8-6-4-5-7(10(11)12)9(8)15-2/h4-6H,3H2,1-2H3,(H2,11,12). The Morgan fingerprint density at radius 3 is 2.50 bits per heavy atom. The van der Waals surface area contributed by atoms with E-state index in [9.17, 15) is 13.2 Å². The van der Waals surface area contributed by atoms with Crippen LogP contribution in [0.4, 0.5) is 0 Å². The molecular formula is C10H13NO4S. The molecule has 0 saturated carbocycles. The van der Waals surface area contributed by atoms with Gasteiger partial charge in [0, 0.05) is 0 Å². The van der Waals surface area contributed by atoms with Crippen LogP contribution in [0.2, 0.25) is 0 Å². The Balaban J connectivity index is 3.54. The second kappa shape index (κ2) is 4.52. The van der Waals surface area contributed by atoms with Crippen molar-refractivity contribution >= 4 is 15.7 Å². The highest BCUT2D eigenvalue weighted by Crippen LogP contribution is 2.28. The highest BCUT2D eigenvalue weighted by atomic mass is 32.2. The number of hydrogen-bond donors (Lipinski definition) is 1. The van der Waals surface area contributed by atoms with Crippen LogP contribution in [0.1, 0.15) is 17.3 Å². The minimum atomic E-state index is -3.43. The molecule has 0 aromatic heterocycles. The summed E-state index contributed by atoms with van der Waals surface area (Å²) in [5, 5.41) is 0. The first-order valence-electron chi connectivity index (χ1n) is 4.63. The van der Waals surface area contributed by atoms with Crippen molar-refractivity contribution in [3.05, 3.63) is 23.8 Å². The lowest BCUT2D eigenvalue weighted by Gasteiger charge is -2.10. The molecule has 1 aromatic carbocycles. The number of nitrogens with two attached hydrogens (primary N) is 1.